The van der Waals surface area contributed by atoms with Crippen LogP contribution in [0.3, 0.4) is 0 Å². The van der Waals surface area contributed by atoms with Gasteiger partial charge in [0.25, 0.3) is 0 Å². The van der Waals surface area contributed by atoms with Gasteiger partial charge in [0.1, 0.15) is 0 Å². The predicted octanol–water partition coefficient (Wildman–Crippen LogP) is 3.10. The molecule has 19 heavy (non-hydrogen) atoms. The number of rotatable bonds is 5. The number of benzene rings is 1. The first-order valence-corrected chi connectivity index (χ1v) is 6.63. The lowest BCUT2D eigenvalue weighted by Crippen LogP contribution is -2.34. The second-order valence-electron chi connectivity index (χ2n) is 5.40. The van der Waals surface area contributed by atoms with Gasteiger partial charge in [0.2, 0.25) is 0 Å². The van der Waals surface area contributed by atoms with E-state index in [0.29, 0.717) is 19.0 Å². The molecule has 0 radical (unpaired) electrons. The summed E-state index contributed by atoms with van der Waals surface area (Å²) in [4.78, 5) is 4.38. The molecule has 0 aromatic heterocycles. The first-order chi connectivity index (χ1) is 8.81. The summed E-state index contributed by atoms with van der Waals surface area (Å²) in [5, 5.41) is 3.76. The topological polar surface area (TPSA) is 50.4 Å². The molecule has 3 N–H and O–H groups in total. The van der Waals surface area contributed by atoms with E-state index in [1.165, 1.54) is 5.56 Å². The molecule has 0 aliphatic carbocycles. The lowest BCUT2D eigenvalue weighted by Gasteiger charge is -2.23. The van der Waals surface area contributed by atoms with Gasteiger partial charge in [0.05, 0.1) is 6.54 Å². The van der Waals surface area contributed by atoms with Crippen LogP contribution in [-0.2, 0) is 5.41 Å². The molecule has 3 nitrogen and oxygen atoms in total. The molecule has 1 rings (SSSR count). The Labute approximate surface area is 120 Å². The van der Waals surface area contributed by atoms with Gasteiger partial charge < -0.3 is 11.1 Å². The number of nitrogens with two attached hydrogens (primary N) is 1. The van der Waals surface area contributed by atoms with Crippen LogP contribution in [0, 0.1) is 0 Å². The predicted molar refractivity (Wildman–Crippen MR) is 83.8 cm³/mol. The molecule has 1 aromatic rings. The normalized spacial score (nSPS) is 12.3. The van der Waals surface area contributed by atoms with E-state index in [0.717, 1.165) is 10.6 Å². The van der Waals surface area contributed by atoms with Gasteiger partial charge in [-0.2, -0.15) is 0 Å². The largest absolute Gasteiger partial charge is 0.370 e. The van der Waals surface area contributed by atoms with Gasteiger partial charge in [-0.3, -0.25) is 4.99 Å². The molecule has 0 aliphatic rings. The first-order valence-electron chi connectivity index (χ1n) is 6.25. The van der Waals surface area contributed by atoms with Crippen molar-refractivity contribution in [3.63, 3.8) is 0 Å². The molecule has 0 amide bonds. The van der Waals surface area contributed by atoms with Crippen LogP contribution in [0.25, 0.3) is 0 Å². The number of hydrogen-bond donors (Lipinski definition) is 2. The highest BCUT2D eigenvalue weighted by Crippen LogP contribution is 2.24. The molecule has 4 heteroatoms. The molecule has 0 heterocycles. The lowest BCUT2D eigenvalue weighted by molar-refractivity contribution is 0.539. The maximum Gasteiger partial charge on any atom is 0.188 e. The maximum absolute atomic E-state index is 5.89. The molecule has 0 fully saturated rings. The summed E-state index contributed by atoms with van der Waals surface area (Å²) in [6.07, 6.45) is 0. The zero-order chi connectivity index (χ0) is 14.5. The average molecular weight is 280 g/mol. The van der Waals surface area contributed by atoms with Gasteiger partial charge in [-0.25, -0.2) is 0 Å². The first kappa shape index (κ1) is 15.6. The second-order valence-corrected chi connectivity index (χ2v) is 5.84. The monoisotopic (exact) mass is 279 g/mol. The van der Waals surface area contributed by atoms with Gasteiger partial charge >= 0.3 is 0 Å². The van der Waals surface area contributed by atoms with Gasteiger partial charge in [-0.05, 0) is 24.6 Å². The van der Waals surface area contributed by atoms with Crippen molar-refractivity contribution < 1.29 is 0 Å². The van der Waals surface area contributed by atoms with Crippen molar-refractivity contribution in [3.05, 3.63) is 47.0 Å². The Hall–Kier alpha value is -1.48. The van der Waals surface area contributed by atoms with Gasteiger partial charge in [0, 0.05) is 17.0 Å². The molecule has 0 aliphatic heterocycles. The number of aliphatic imine (C=N–C) groups is 1. The molecular formula is C15H22ClN3. The smallest absolute Gasteiger partial charge is 0.188 e. The third-order valence-corrected chi connectivity index (χ3v) is 3.09. The quantitative estimate of drug-likeness (QED) is 0.494. The van der Waals surface area contributed by atoms with Crippen molar-refractivity contribution in [1.82, 2.24) is 5.32 Å². The molecule has 0 saturated heterocycles. The van der Waals surface area contributed by atoms with E-state index >= 15 is 0 Å². The van der Waals surface area contributed by atoms with E-state index in [9.17, 15) is 0 Å². The fourth-order valence-electron chi connectivity index (χ4n) is 1.57. The highest BCUT2D eigenvalue weighted by atomic mass is 35.5. The number of nitrogens with one attached hydrogen (secondary N) is 1. The minimum absolute atomic E-state index is 0.0832. The van der Waals surface area contributed by atoms with Crippen LogP contribution in [0.4, 0.5) is 0 Å². The maximum atomic E-state index is 5.89. The summed E-state index contributed by atoms with van der Waals surface area (Å²) < 4.78 is 0. The molecule has 0 bridgehead atoms. The molecule has 0 saturated carbocycles. The zero-order valence-electron chi connectivity index (χ0n) is 11.8. The van der Waals surface area contributed by atoms with E-state index in [-0.39, 0.29) is 5.41 Å². The summed E-state index contributed by atoms with van der Waals surface area (Å²) in [6.45, 7) is 11.3. The van der Waals surface area contributed by atoms with E-state index in [2.05, 4.69) is 30.7 Å². The van der Waals surface area contributed by atoms with Gasteiger partial charge in [0.15, 0.2) is 5.96 Å². The molecule has 1 aromatic carbocycles. The fraction of sp³-hybridized carbons (Fsp3) is 0.400. The number of halogens is 1. The number of guanidine groups is 1. The summed E-state index contributed by atoms with van der Waals surface area (Å²) in [5.41, 5.74) is 7.94. The highest BCUT2D eigenvalue weighted by molar-refractivity contribution is 6.30. The van der Waals surface area contributed by atoms with Gasteiger partial charge in [-0.1, -0.05) is 49.7 Å². The molecule has 0 unspecified atom stereocenters. The number of nitrogens with zero attached hydrogens (tertiary/aromatic N) is 1. The Bertz CT molecular complexity index is 461. The summed E-state index contributed by atoms with van der Waals surface area (Å²) in [5.74, 6) is 0.449. The SMILES string of the molecule is C=C(C)CNC(N)=NCC(C)(C)c1ccc(Cl)cc1. The highest BCUT2D eigenvalue weighted by Gasteiger charge is 2.20. The van der Waals surface area contributed by atoms with Crippen LogP contribution in [0.1, 0.15) is 26.3 Å². The lowest BCUT2D eigenvalue weighted by atomic mass is 9.85. The van der Waals surface area contributed by atoms with Gasteiger partial charge in [-0.15, -0.1) is 0 Å². The molecule has 0 atom stereocenters. The minimum Gasteiger partial charge on any atom is -0.370 e. The Morgan fingerprint density at radius 1 is 1.37 bits per heavy atom. The van der Waals surface area contributed by atoms with Crippen molar-refractivity contribution in [3.8, 4) is 0 Å². The Kier molecular flexibility index (Phi) is 5.43. The van der Waals surface area contributed by atoms with Crippen molar-refractivity contribution >= 4 is 17.6 Å². The fourth-order valence-corrected chi connectivity index (χ4v) is 1.70. The third kappa shape index (κ3) is 5.35. The third-order valence-electron chi connectivity index (χ3n) is 2.84. The van der Waals surface area contributed by atoms with Crippen molar-refractivity contribution in [2.45, 2.75) is 26.2 Å². The minimum atomic E-state index is -0.0832. The van der Waals surface area contributed by atoms with Crippen LogP contribution in [-0.4, -0.2) is 19.0 Å². The summed E-state index contributed by atoms with van der Waals surface area (Å²) in [6, 6.07) is 7.83. The standard InChI is InChI=1S/C15H22ClN3/c1-11(2)9-18-14(17)19-10-15(3,4)12-5-7-13(16)8-6-12/h5-8H,1,9-10H2,2-4H3,(H3,17,18,19). The van der Waals surface area contributed by atoms with Crippen LogP contribution >= 0.6 is 11.6 Å². The van der Waals surface area contributed by atoms with Crippen molar-refractivity contribution in [2.75, 3.05) is 13.1 Å². The van der Waals surface area contributed by atoms with E-state index < -0.39 is 0 Å². The molecule has 104 valence electrons. The van der Waals surface area contributed by atoms with Crippen LogP contribution in [0.15, 0.2) is 41.4 Å². The van der Waals surface area contributed by atoms with Crippen molar-refractivity contribution in [1.29, 1.82) is 0 Å². The van der Waals surface area contributed by atoms with Crippen LogP contribution in [0.5, 0.6) is 0 Å². The van der Waals surface area contributed by atoms with Crippen LogP contribution < -0.4 is 11.1 Å². The van der Waals surface area contributed by atoms with Crippen molar-refractivity contribution in [2.24, 2.45) is 10.7 Å². The zero-order valence-corrected chi connectivity index (χ0v) is 12.6. The van der Waals surface area contributed by atoms with Crippen LogP contribution in [0.2, 0.25) is 5.02 Å². The summed E-state index contributed by atoms with van der Waals surface area (Å²) in [7, 11) is 0. The van der Waals surface area contributed by atoms with E-state index in [4.69, 9.17) is 17.3 Å². The van der Waals surface area contributed by atoms with E-state index in [1.54, 1.807) is 0 Å². The Balaban J connectivity index is 2.66. The average Bonchev–Trinajstić information content (AvgIpc) is 2.34. The summed E-state index contributed by atoms with van der Waals surface area (Å²) >= 11 is 5.89. The molecule has 0 spiro atoms. The Morgan fingerprint density at radius 2 is 1.95 bits per heavy atom. The Morgan fingerprint density at radius 3 is 2.47 bits per heavy atom. The number of hydrogen-bond acceptors (Lipinski definition) is 1. The van der Waals surface area contributed by atoms with E-state index in [1.807, 2.05) is 31.2 Å². The second kappa shape index (κ2) is 6.62. The molecular weight excluding hydrogens is 258 g/mol.